The zero-order chi connectivity index (χ0) is 14.5. The van der Waals surface area contributed by atoms with Gasteiger partial charge in [-0.25, -0.2) is 4.39 Å². The molecule has 0 saturated heterocycles. The van der Waals surface area contributed by atoms with E-state index in [0.29, 0.717) is 13.0 Å². The maximum absolute atomic E-state index is 13.4. The lowest BCUT2D eigenvalue weighted by atomic mass is 9.85. The molecule has 2 N–H and O–H groups in total. The molecule has 1 aromatic rings. The summed E-state index contributed by atoms with van der Waals surface area (Å²) in [6.45, 7) is 6.79. The molecule has 0 aliphatic heterocycles. The molecule has 0 heterocycles. The second kappa shape index (κ2) is 7.36. The van der Waals surface area contributed by atoms with Gasteiger partial charge in [0.15, 0.2) is 0 Å². The van der Waals surface area contributed by atoms with E-state index in [2.05, 4.69) is 29.8 Å². The Morgan fingerprint density at radius 3 is 2.37 bits per heavy atom. The highest BCUT2D eigenvalue weighted by Gasteiger charge is 2.34. The molecular formula is C15H23BrFNO. The minimum Gasteiger partial charge on any atom is -0.374 e. The van der Waals surface area contributed by atoms with Crippen molar-refractivity contribution in [3.8, 4) is 0 Å². The summed E-state index contributed by atoms with van der Waals surface area (Å²) in [5.74, 6) is -0.244. The van der Waals surface area contributed by atoms with E-state index in [-0.39, 0.29) is 17.5 Å². The first-order valence-electron chi connectivity index (χ1n) is 6.82. The number of rotatable bonds is 7. The summed E-state index contributed by atoms with van der Waals surface area (Å²) < 4.78 is 20.0. The highest BCUT2D eigenvalue weighted by molar-refractivity contribution is 9.10. The van der Waals surface area contributed by atoms with E-state index in [0.717, 1.165) is 22.9 Å². The van der Waals surface area contributed by atoms with Crippen LogP contribution in [0.1, 0.15) is 39.2 Å². The summed E-state index contributed by atoms with van der Waals surface area (Å²) in [5, 5.41) is 0. The number of hydrogen-bond donors (Lipinski definition) is 1. The molecule has 1 rings (SSSR count). The molecule has 1 aromatic carbocycles. The zero-order valence-corrected chi connectivity index (χ0v) is 13.5. The average molecular weight is 332 g/mol. The fraction of sp³-hybridized carbons (Fsp3) is 0.600. The van der Waals surface area contributed by atoms with Crippen molar-refractivity contribution < 1.29 is 9.13 Å². The Morgan fingerprint density at radius 2 is 1.89 bits per heavy atom. The standard InChI is InChI=1S/C15H23BrFNO/c1-4-15(5-2,19-6-3)14(18)9-11-7-12(16)10-13(17)8-11/h7-8,10,14H,4-6,9,18H2,1-3H3. The van der Waals surface area contributed by atoms with Crippen molar-refractivity contribution in [2.75, 3.05) is 6.61 Å². The molecule has 1 atom stereocenters. The third kappa shape index (κ3) is 4.26. The van der Waals surface area contributed by atoms with Gasteiger partial charge in [-0.3, -0.25) is 0 Å². The lowest BCUT2D eigenvalue weighted by Crippen LogP contribution is -2.50. The van der Waals surface area contributed by atoms with E-state index in [1.165, 1.54) is 12.1 Å². The smallest absolute Gasteiger partial charge is 0.124 e. The Bertz CT molecular complexity index is 387. The first-order chi connectivity index (χ1) is 8.97. The molecule has 4 heteroatoms. The first kappa shape index (κ1) is 16.6. The Kier molecular flexibility index (Phi) is 6.43. The van der Waals surface area contributed by atoms with Crippen molar-refractivity contribution in [1.29, 1.82) is 0 Å². The molecule has 0 fully saturated rings. The van der Waals surface area contributed by atoms with Gasteiger partial charge in [0.05, 0.1) is 5.60 Å². The molecule has 0 bridgehead atoms. The van der Waals surface area contributed by atoms with Crippen molar-refractivity contribution in [2.45, 2.75) is 51.7 Å². The van der Waals surface area contributed by atoms with Crippen LogP contribution in [-0.4, -0.2) is 18.2 Å². The lowest BCUT2D eigenvalue weighted by molar-refractivity contribution is -0.0633. The van der Waals surface area contributed by atoms with Crippen molar-refractivity contribution in [2.24, 2.45) is 5.73 Å². The second-order valence-corrected chi connectivity index (χ2v) is 5.71. The Morgan fingerprint density at radius 1 is 1.26 bits per heavy atom. The Labute approximate surface area is 123 Å². The predicted octanol–water partition coefficient (Wildman–Crippen LogP) is 4.05. The number of benzene rings is 1. The molecule has 19 heavy (non-hydrogen) atoms. The highest BCUT2D eigenvalue weighted by Crippen LogP contribution is 2.27. The van der Waals surface area contributed by atoms with Crippen molar-refractivity contribution in [3.05, 3.63) is 34.1 Å². The van der Waals surface area contributed by atoms with E-state index in [1.807, 2.05) is 13.0 Å². The SMILES string of the molecule is CCOC(CC)(CC)C(N)Cc1cc(F)cc(Br)c1. The summed E-state index contributed by atoms with van der Waals surface area (Å²) >= 11 is 3.31. The summed E-state index contributed by atoms with van der Waals surface area (Å²) in [5.41, 5.74) is 6.90. The largest absolute Gasteiger partial charge is 0.374 e. The molecule has 108 valence electrons. The maximum atomic E-state index is 13.4. The molecule has 0 amide bonds. The highest BCUT2D eigenvalue weighted by atomic mass is 79.9. The van der Waals surface area contributed by atoms with Crippen LogP contribution in [0.15, 0.2) is 22.7 Å². The van der Waals surface area contributed by atoms with Gasteiger partial charge in [0.25, 0.3) is 0 Å². The summed E-state index contributed by atoms with van der Waals surface area (Å²) in [4.78, 5) is 0. The van der Waals surface area contributed by atoms with Crippen LogP contribution in [-0.2, 0) is 11.2 Å². The lowest BCUT2D eigenvalue weighted by Gasteiger charge is -2.37. The summed E-state index contributed by atoms with van der Waals surface area (Å²) in [6.07, 6.45) is 2.32. The maximum Gasteiger partial charge on any atom is 0.124 e. The van der Waals surface area contributed by atoms with Gasteiger partial charge < -0.3 is 10.5 Å². The first-order valence-corrected chi connectivity index (χ1v) is 7.61. The third-order valence-electron chi connectivity index (χ3n) is 3.68. The molecule has 0 radical (unpaired) electrons. The quantitative estimate of drug-likeness (QED) is 0.817. The number of ether oxygens (including phenoxy) is 1. The van der Waals surface area contributed by atoms with Gasteiger partial charge >= 0.3 is 0 Å². The van der Waals surface area contributed by atoms with Crippen LogP contribution in [0.4, 0.5) is 4.39 Å². The normalized spacial score (nSPS) is 13.6. The molecular weight excluding hydrogens is 309 g/mol. The van der Waals surface area contributed by atoms with Crippen LogP contribution in [0.5, 0.6) is 0 Å². The van der Waals surface area contributed by atoms with E-state index >= 15 is 0 Å². The zero-order valence-electron chi connectivity index (χ0n) is 11.9. The average Bonchev–Trinajstić information content (AvgIpc) is 2.34. The van der Waals surface area contributed by atoms with Crippen LogP contribution in [0, 0.1) is 5.82 Å². The number of hydrogen-bond acceptors (Lipinski definition) is 2. The fourth-order valence-corrected chi connectivity index (χ4v) is 3.05. The molecule has 0 aliphatic carbocycles. The second-order valence-electron chi connectivity index (χ2n) is 4.79. The van der Waals surface area contributed by atoms with Gasteiger partial charge in [0, 0.05) is 17.1 Å². The van der Waals surface area contributed by atoms with Gasteiger partial charge in [-0.2, -0.15) is 0 Å². The van der Waals surface area contributed by atoms with E-state index in [1.54, 1.807) is 0 Å². The van der Waals surface area contributed by atoms with E-state index in [9.17, 15) is 4.39 Å². The van der Waals surface area contributed by atoms with E-state index < -0.39 is 0 Å². The predicted molar refractivity (Wildman–Crippen MR) is 80.7 cm³/mol. The molecule has 0 spiro atoms. The minimum atomic E-state index is -0.326. The van der Waals surface area contributed by atoms with Gasteiger partial charge in [-0.1, -0.05) is 29.8 Å². The fourth-order valence-electron chi connectivity index (χ4n) is 2.54. The Hall–Kier alpha value is -0.450. The Balaban J connectivity index is 2.89. The van der Waals surface area contributed by atoms with Crippen LogP contribution >= 0.6 is 15.9 Å². The summed E-state index contributed by atoms with van der Waals surface area (Å²) in [7, 11) is 0. The number of nitrogens with two attached hydrogens (primary N) is 1. The molecule has 2 nitrogen and oxygen atoms in total. The van der Waals surface area contributed by atoms with Crippen molar-refractivity contribution in [3.63, 3.8) is 0 Å². The van der Waals surface area contributed by atoms with Gasteiger partial charge in [0.1, 0.15) is 5.82 Å². The minimum absolute atomic E-state index is 0.142. The molecule has 0 aliphatic rings. The summed E-state index contributed by atoms with van der Waals surface area (Å²) in [6, 6.07) is 4.75. The molecule has 1 unspecified atom stereocenters. The van der Waals surface area contributed by atoms with Crippen LogP contribution in [0.3, 0.4) is 0 Å². The van der Waals surface area contributed by atoms with Gasteiger partial charge in [-0.15, -0.1) is 0 Å². The van der Waals surface area contributed by atoms with Crippen LogP contribution < -0.4 is 5.73 Å². The molecule has 0 saturated carbocycles. The van der Waals surface area contributed by atoms with Crippen LogP contribution in [0.2, 0.25) is 0 Å². The number of halogens is 2. The van der Waals surface area contributed by atoms with Gasteiger partial charge in [-0.05, 0) is 49.9 Å². The molecule has 0 aromatic heterocycles. The van der Waals surface area contributed by atoms with Crippen molar-refractivity contribution >= 4 is 15.9 Å². The topological polar surface area (TPSA) is 35.2 Å². The monoisotopic (exact) mass is 331 g/mol. The van der Waals surface area contributed by atoms with Gasteiger partial charge in [0.2, 0.25) is 0 Å². The van der Waals surface area contributed by atoms with E-state index in [4.69, 9.17) is 10.5 Å². The van der Waals surface area contributed by atoms with Crippen molar-refractivity contribution in [1.82, 2.24) is 0 Å². The van der Waals surface area contributed by atoms with Crippen LogP contribution in [0.25, 0.3) is 0 Å². The third-order valence-corrected chi connectivity index (χ3v) is 4.14.